The van der Waals surface area contributed by atoms with Crippen LogP contribution >= 0.6 is 0 Å². The van der Waals surface area contributed by atoms with Crippen LogP contribution < -0.4 is 5.32 Å². The summed E-state index contributed by atoms with van der Waals surface area (Å²) >= 11 is 0. The van der Waals surface area contributed by atoms with Crippen LogP contribution in [0.5, 0.6) is 0 Å². The van der Waals surface area contributed by atoms with Crippen molar-refractivity contribution in [3.63, 3.8) is 0 Å². The number of benzene rings is 1. The highest BCUT2D eigenvalue weighted by Crippen LogP contribution is 2.16. The highest BCUT2D eigenvalue weighted by molar-refractivity contribution is 5.97. The van der Waals surface area contributed by atoms with Gasteiger partial charge in [-0.3, -0.25) is 9.69 Å². The number of alkyl carbamates (subject to hydrolysis) is 1. The second kappa shape index (κ2) is 7.75. The molecule has 1 saturated heterocycles. The zero-order valence-corrected chi connectivity index (χ0v) is 14.4. The molecule has 1 amide bonds. The molecule has 0 saturated carbocycles. The molecule has 1 fully saturated rings. The van der Waals surface area contributed by atoms with Crippen LogP contribution in [-0.4, -0.2) is 54.2 Å². The van der Waals surface area contributed by atoms with Crippen molar-refractivity contribution in [1.29, 1.82) is 0 Å². The van der Waals surface area contributed by atoms with E-state index in [9.17, 15) is 14.0 Å². The molecule has 0 aromatic heterocycles. The molecule has 6 heteroatoms. The first-order valence-corrected chi connectivity index (χ1v) is 8.17. The number of ketones is 1. The molecule has 24 heavy (non-hydrogen) atoms. The monoisotopic (exact) mass is 336 g/mol. The topological polar surface area (TPSA) is 58.6 Å². The number of alkyl halides is 1. The maximum atomic E-state index is 14.0. The number of piperidine rings is 1. The molecule has 2 atom stereocenters. The first kappa shape index (κ1) is 18.4. The van der Waals surface area contributed by atoms with Gasteiger partial charge in [-0.25, -0.2) is 9.18 Å². The van der Waals surface area contributed by atoms with Gasteiger partial charge in [-0.05, 0) is 20.8 Å². The Kier molecular flexibility index (Phi) is 5.94. The SMILES string of the molecule is CC(C)(C)OC(=O)NC1C[C@@H](F)CN(CC(=O)c2ccccc2)C1. The summed E-state index contributed by atoms with van der Waals surface area (Å²) in [7, 11) is 0. The number of carbonyl (C=O) groups is 2. The van der Waals surface area contributed by atoms with Gasteiger partial charge in [-0.15, -0.1) is 0 Å². The molecule has 1 heterocycles. The Morgan fingerprint density at radius 2 is 1.92 bits per heavy atom. The summed E-state index contributed by atoms with van der Waals surface area (Å²) in [5, 5.41) is 2.69. The summed E-state index contributed by atoms with van der Waals surface area (Å²) in [6.45, 7) is 6.09. The number of Topliss-reactive ketones (excluding diaryl/α,β-unsaturated/α-hetero) is 1. The zero-order valence-electron chi connectivity index (χ0n) is 14.4. The Bertz CT molecular complexity index is 571. The summed E-state index contributed by atoms with van der Waals surface area (Å²) < 4.78 is 19.2. The average Bonchev–Trinajstić information content (AvgIpc) is 2.45. The molecule has 1 N–H and O–H groups in total. The molecular weight excluding hydrogens is 311 g/mol. The minimum atomic E-state index is -1.08. The normalized spacial score (nSPS) is 22.0. The largest absolute Gasteiger partial charge is 0.444 e. The minimum Gasteiger partial charge on any atom is -0.444 e. The lowest BCUT2D eigenvalue weighted by Gasteiger charge is -2.35. The van der Waals surface area contributed by atoms with Crippen LogP contribution in [0.15, 0.2) is 30.3 Å². The predicted molar refractivity (Wildman–Crippen MR) is 89.9 cm³/mol. The third-order valence-corrected chi connectivity index (χ3v) is 3.66. The van der Waals surface area contributed by atoms with Crippen molar-refractivity contribution >= 4 is 11.9 Å². The number of hydrogen-bond donors (Lipinski definition) is 1. The van der Waals surface area contributed by atoms with E-state index in [1.165, 1.54) is 0 Å². The van der Waals surface area contributed by atoms with E-state index in [1.54, 1.807) is 49.9 Å². The maximum absolute atomic E-state index is 14.0. The fourth-order valence-corrected chi connectivity index (χ4v) is 2.75. The van der Waals surface area contributed by atoms with Crippen molar-refractivity contribution in [3.8, 4) is 0 Å². The number of nitrogens with zero attached hydrogens (tertiary/aromatic N) is 1. The number of hydrogen-bond acceptors (Lipinski definition) is 4. The number of nitrogens with one attached hydrogen (secondary N) is 1. The van der Waals surface area contributed by atoms with Gasteiger partial charge in [0.05, 0.1) is 6.54 Å². The summed E-state index contributed by atoms with van der Waals surface area (Å²) in [6.07, 6.45) is -1.41. The molecule has 1 aliphatic heterocycles. The van der Waals surface area contributed by atoms with Gasteiger partial charge in [0, 0.05) is 31.1 Å². The van der Waals surface area contributed by atoms with Gasteiger partial charge in [-0.1, -0.05) is 30.3 Å². The fourth-order valence-electron chi connectivity index (χ4n) is 2.75. The van der Waals surface area contributed by atoms with Crippen molar-refractivity contribution in [2.24, 2.45) is 0 Å². The van der Waals surface area contributed by atoms with E-state index in [2.05, 4.69) is 5.32 Å². The van der Waals surface area contributed by atoms with Gasteiger partial charge < -0.3 is 10.1 Å². The Balaban J connectivity index is 1.90. The summed E-state index contributed by atoms with van der Waals surface area (Å²) in [5.41, 5.74) is 0.00624. The van der Waals surface area contributed by atoms with Gasteiger partial charge in [-0.2, -0.15) is 0 Å². The summed E-state index contributed by atoms with van der Waals surface area (Å²) in [6, 6.07) is 8.57. The summed E-state index contributed by atoms with van der Waals surface area (Å²) in [4.78, 5) is 25.8. The predicted octanol–water partition coefficient (Wildman–Crippen LogP) is 2.81. The van der Waals surface area contributed by atoms with Gasteiger partial charge in [0.1, 0.15) is 11.8 Å². The van der Waals surface area contributed by atoms with Gasteiger partial charge in [0.15, 0.2) is 5.78 Å². The smallest absolute Gasteiger partial charge is 0.407 e. The van der Waals surface area contributed by atoms with Crippen LogP contribution in [-0.2, 0) is 4.74 Å². The number of halogens is 1. The highest BCUT2D eigenvalue weighted by Gasteiger charge is 2.30. The lowest BCUT2D eigenvalue weighted by molar-refractivity contribution is 0.0431. The number of carbonyl (C=O) groups excluding carboxylic acids is 2. The Morgan fingerprint density at radius 3 is 2.54 bits per heavy atom. The molecule has 0 aliphatic carbocycles. The van der Waals surface area contributed by atoms with Crippen molar-refractivity contribution in [2.45, 2.75) is 45.0 Å². The first-order valence-electron chi connectivity index (χ1n) is 8.17. The molecule has 1 unspecified atom stereocenters. The molecule has 2 rings (SSSR count). The van der Waals surface area contributed by atoms with E-state index < -0.39 is 17.9 Å². The van der Waals surface area contributed by atoms with Crippen LogP contribution in [0.1, 0.15) is 37.6 Å². The Hall–Kier alpha value is -1.95. The molecule has 5 nitrogen and oxygen atoms in total. The molecule has 132 valence electrons. The molecule has 0 bridgehead atoms. The van der Waals surface area contributed by atoms with Crippen LogP contribution in [0.3, 0.4) is 0 Å². The van der Waals surface area contributed by atoms with Gasteiger partial charge in [0.2, 0.25) is 0 Å². The Morgan fingerprint density at radius 1 is 1.25 bits per heavy atom. The quantitative estimate of drug-likeness (QED) is 0.859. The second-order valence-corrected chi connectivity index (χ2v) is 7.16. The fraction of sp³-hybridized carbons (Fsp3) is 0.556. The lowest BCUT2D eigenvalue weighted by Crippen LogP contribution is -2.53. The first-order chi connectivity index (χ1) is 11.2. The zero-order chi connectivity index (χ0) is 17.7. The van der Waals surface area contributed by atoms with E-state index in [0.717, 1.165) is 0 Å². The number of likely N-dealkylation sites (tertiary alicyclic amines) is 1. The molecular formula is C18H25FN2O3. The van der Waals surface area contributed by atoms with Crippen molar-refractivity contribution < 1.29 is 18.7 Å². The molecule has 0 spiro atoms. The summed E-state index contributed by atoms with van der Waals surface area (Å²) in [5.74, 6) is -0.0549. The standard InChI is InChI=1S/C18H25FN2O3/c1-18(2,3)24-17(23)20-15-9-14(19)10-21(11-15)12-16(22)13-7-5-4-6-8-13/h4-8,14-15H,9-12H2,1-3H3,(H,20,23)/t14-,15?/m1/s1. The number of amides is 1. The second-order valence-electron chi connectivity index (χ2n) is 7.16. The molecule has 1 aromatic rings. The van der Waals surface area contributed by atoms with Crippen molar-refractivity contribution in [3.05, 3.63) is 35.9 Å². The minimum absolute atomic E-state index is 0.0549. The number of rotatable bonds is 4. The van der Waals surface area contributed by atoms with E-state index in [1.807, 2.05) is 6.07 Å². The van der Waals surface area contributed by atoms with E-state index in [-0.39, 0.29) is 31.3 Å². The van der Waals surface area contributed by atoms with Gasteiger partial charge in [0.25, 0.3) is 0 Å². The highest BCUT2D eigenvalue weighted by atomic mass is 19.1. The van der Waals surface area contributed by atoms with E-state index in [0.29, 0.717) is 12.1 Å². The third kappa shape index (κ3) is 5.92. The van der Waals surface area contributed by atoms with Crippen LogP contribution in [0.25, 0.3) is 0 Å². The van der Waals surface area contributed by atoms with Gasteiger partial charge >= 0.3 is 6.09 Å². The Labute approximate surface area is 142 Å². The average molecular weight is 336 g/mol. The lowest BCUT2D eigenvalue weighted by atomic mass is 10.0. The molecule has 0 radical (unpaired) electrons. The maximum Gasteiger partial charge on any atom is 0.407 e. The molecule has 1 aliphatic rings. The molecule has 1 aromatic carbocycles. The van der Waals surface area contributed by atoms with E-state index >= 15 is 0 Å². The van der Waals surface area contributed by atoms with Crippen molar-refractivity contribution in [1.82, 2.24) is 10.2 Å². The van der Waals surface area contributed by atoms with Crippen LogP contribution in [0.4, 0.5) is 9.18 Å². The van der Waals surface area contributed by atoms with Crippen LogP contribution in [0, 0.1) is 0 Å². The van der Waals surface area contributed by atoms with Crippen LogP contribution in [0.2, 0.25) is 0 Å². The van der Waals surface area contributed by atoms with Crippen molar-refractivity contribution in [2.75, 3.05) is 19.6 Å². The number of ether oxygens (including phenoxy) is 1. The van der Waals surface area contributed by atoms with E-state index in [4.69, 9.17) is 4.74 Å². The third-order valence-electron chi connectivity index (χ3n) is 3.66.